The lowest BCUT2D eigenvalue weighted by Crippen LogP contribution is -2.51. The molecule has 126 valence electrons. The number of halogens is 1. The van der Waals surface area contributed by atoms with Crippen LogP contribution in [-0.4, -0.2) is 37.1 Å². The topological polar surface area (TPSA) is 35.6 Å². The van der Waals surface area contributed by atoms with Crippen molar-refractivity contribution >= 4 is 11.7 Å². The van der Waals surface area contributed by atoms with E-state index < -0.39 is 0 Å². The molecule has 0 atom stereocenters. The number of urea groups is 1. The van der Waals surface area contributed by atoms with Crippen LogP contribution in [0.1, 0.15) is 11.1 Å². The molecule has 1 fully saturated rings. The largest absolute Gasteiger partial charge is 0.366 e. The molecule has 0 unspecified atom stereocenters. The molecule has 1 saturated heterocycles. The smallest absolute Gasteiger partial charge is 0.317 e. The van der Waals surface area contributed by atoms with Crippen LogP contribution in [0.5, 0.6) is 0 Å². The molecule has 3 rings (SSSR count). The quantitative estimate of drug-likeness (QED) is 0.940. The second-order valence-electron chi connectivity index (χ2n) is 6.07. The van der Waals surface area contributed by atoms with E-state index in [1.165, 1.54) is 11.6 Å². The first-order chi connectivity index (χ1) is 11.6. The molecule has 0 bridgehead atoms. The highest BCUT2D eigenvalue weighted by Gasteiger charge is 2.22. The molecule has 5 heteroatoms. The van der Waals surface area contributed by atoms with E-state index in [9.17, 15) is 9.18 Å². The molecule has 24 heavy (non-hydrogen) atoms. The summed E-state index contributed by atoms with van der Waals surface area (Å²) in [6, 6.07) is 14.8. The maximum Gasteiger partial charge on any atom is 0.317 e. The molecule has 0 spiro atoms. The highest BCUT2D eigenvalue weighted by Crippen LogP contribution is 2.20. The number of rotatable bonds is 3. The van der Waals surface area contributed by atoms with Gasteiger partial charge in [0, 0.05) is 32.7 Å². The number of carbonyl (C=O) groups excluding carboxylic acids is 1. The normalized spacial score (nSPS) is 14.6. The Hall–Kier alpha value is -2.56. The minimum Gasteiger partial charge on any atom is -0.366 e. The first-order valence-electron chi connectivity index (χ1n) is 8.21. The van der Waals surface area contributed by atoms with Crippen LogP contribution < -0.4 is 10.2 Å². The molecule has 0 aliphatic carbocycles. The van der Waals surface area contributed by atoms with Crippen LogP contribution in [-0.2, 0) is 6.54 Å². The first kappa shape index (κ1) is 16.3. The third-order valence-electron chi connectivity index (χ3n) is 4.29. The monoisotopic (exact) mass is 327 g/mol. The predicted octanol–water partition coefficient (Wildman–Crippen LogP) is 3.17. The molecule has 1 N–H and O–H groups in total. The average Bonchev–Trinajstić information content (AvgIpc) is 2.60. The van der Waals surface area contributed by atoms with E-state index >= 15 is 0 Å². The van der Waals surface area contributed by atoms with Crippen molar-refractivity contribution in [3.05, 3.63) is 65.5 Å². The van der Waals surface area contributed by atoms with Gasteiger partial charge in [0.1, 0.15) is 5.82 Å². The molecule has 2 amide bonds. The molecule has 0 radical (unpaired) electrons. The number of para-hydroxylation sites is 1. The van der Waals surface area contributed by atoms with Gasteiger partial charge in [-0.3, -0.25) is 0 Å². The van der Waals surface area contributed by atoms with Crippen molar-refractivity contribution in [2.24, 2.45) is 0 Å². The molecule has 2 aromatic rings. The van der Waals surface area contributed by atoms with Gasteiger partial charge < -0.3 is 15.1 Å². The summed E-state index contributed by atoms with van der Waals surface area (Å²) in [5.74, 6) is -0.213. The fraction of sp³-hybridized carbons (Fsp3) is 0.316. The zero-order valence-electron chi connectivity index (χ0n) is 13.8. The molecule has 1 aliphatic rings. The van der Waals surface area contributed by atoms with Crippen molar-refractivity contribution in [3.8, 4) is 0 Å². The molecule has 1 aliphatic heterocycles. The maximum atomic E-state index is 13.8. The number of piperazine rings is 1. The molecule has 2 aromatic carbocycles. The van der Waals surface area contributed by atoms with Crippen LogP contribution in [0.3, 0.4) is 0 Å². The molecule has 0 aromatic heterocycles. The number of benzene rings is 2. The Balaban J connectivity index is 1.51. The van der Waals surface area contributed by atoms with E-state index in [0.29, 0.717) is 38.4 Å². The average molecular weight is 327 g/mol. The number of anilines is 1. The Labute approximate surface area is 141 Å². The molecular weight excluding hydrogens is 305 g/mol. The van der Waals surface area contributed by atoms with Gasteiger partial charge in [-0.2, -0.15) is 0 Å². The standard InChI is InChI=1S/C19H22FN3O/c1-15-5-4-6-16(13-15)14-21-19(24)23-11-9-22(10-12-23)18-8-3-2-7-17(18)20/h2-8,13H,9-12,14H2,1H3,(H,21,24). The van der Waals surface area contributed by atoms with Crippen molar-refractivity contribution in [2.45, 2.75) is 13.5 Å². The lowest BCUT2D eigenvalue weighted by molar-refractivity contribution is 0.194. The van der Waals surface area contributed by atoms with Crippen molar-refractivity contribution < 1.29 is 9.18 Å². The van der Waals surface area contributed by atoms with E-state index in [4.69, 9.17) is 0 Å². The number of carbonyl (C=O) groups is 1. The number of hydrogen-bond acceptors (Lipinski definition) is 2. The van der Waals surface area contributed by atoms with Crippen LogP contribution in [0.2, 0.25) is 0 Å². The second kappa shape index (κ2) is 7.34. The fourth-order valence-electron chi connectivity index (χ4n) is 2.97. The van der Waals surface area contributed by atoms with Gasteiger partial charge in [0.15, 0.2) is 0 Å². The van der Waals surface area contributed by atoms with Gasteiger partial charge in [0.2, 0.25) is 0 Å². The van der Waals surface area contributed by atoms with Gasteiger partial charge >= 0.3 is 6.03 Å². The van der Waals surface area contributed by atoms with Gasteiger partial charge in [-0.25, -0.2) is 9.18 Å². The van der Waals surface area contributed by atoms with Crippen molar-refractivity contribution in [1.82, 2.24) is 10.2 Å². The summed E-state index contributed by atoms with van der Waals surface area (Å²) >= 11 is 0. The summed E-state index contributed by atoms with van der Waals surface area (Å²) < 4.78 is 13.8. The van der Waals surface area contributed by atoms with E-state index in [1.54, 1.807) is 17.0 Å². The van der Waals surface area contributed by atoms with Gasteiger partial charge in [-0.1, -0.05) is 42.0 Å². The highest BCUT2D eigenvalue weighted by atomic mass is 19.1. The number of nitrogens with zero attached hydrogens (tertiary/aromatic N) is 2. The first-order valence-corrected chi connectivity index (χ1v) is 8.21. The van der Waals surface area contributed by atoms with Crippen LogP contribution in [0.4, 0.5) is 14.9 Å². The van der Waals surface area contributed by atoms with E-state index in [1.807, 2.05) is 36.1 Å². The fourth-order valence-corrected chi connectivity index (χ4v) is 2.97. The van der Waals surface area contributed by atoms with Crippen LogP contribution in [0, 0.1) is 12.7 Å². The SMILES string of the molecule is Cc1cccc(CNC(=O)N2CCN(c3ccccc3F)CC2)c1. The van der Waals surface area contributed by atoms with E-state index in [0.717, 1.165) is 5.56 Å². The Morgan fingerprint density at radius 3 is 2.54 bits per heavy atom. The van der Waals surface area contributed by atoms with Crippen LogP contribution in [0.15, 0.2) is 48.5 Å². The summed E-state index contributed by atoms with van der Waals surface area (Å²) in [6.45, 7) is 5.01. The summed E-state index contributed by atoms with van der Waals surface area (Å²) in [4.78, 5) is 16.1. The zero-order chi connectivity index (χ0) is 16.9. The van der Waals surface area contributed by atoms with Gasteiger partial charge in [-0.05, 0) is 24.6 Å². The molecule has 4 nitrogen and oxygen atoms in total. The molecule has 1 heterocycles. The zero-order valence-corrected chi connectivity index (χ0v) is 13.8. The summed E-state index contributed by atoms with van der Waals surface area (Å²) in [5, 5.41) is 2.96. The molecule has 0 saturated carbocycles. The number of aryl methyl sites for hydroxylation is 1. The third kappa shape index (κ3) is 3.85. The van der Waals surface area contributed by atoms with Crippen LogP contribution >= 0.6 is 0 Å². The molecular formula is C19H22FN3O. The van der Waals surface area contributed by atoms with E-state index in [-0.39, 0.29) is 11.8 Å². The van der Waals surface area contributed by atoms with Gasteiger partial charge in [0.05, 0.1) is 5.69 Å². The number of nitrogens with one attached hydrogen (secondary N) is 1. The van der Waals surface area contributed by atoms with Crippen molar-refractivity contribution in [1.29, 1.82) is 0 Å². The van der Waals surface area contributed by atoms with Gasteiger partial charge in [0.25, 0.3) is 0 Å². The minimum absolute atomic E-state index is 0.0651. The number of amides is 2. The highest BCUT2D eigenvalue weighted by molar-refractivity contribution is 5.74. The summed E-state index contributed by atoms with van der Waals surface area (Å²) in [5.41, 5.74) is 2.88. The van der Waals surface area contributed by atoms with Gasteiger partial charge in [-0.15, -0.1) is 0 Å². The Morgan fingerprint density at radius 2 is 1.83 bits per heavy atom. The van der Waals surface area contributed by atoms with Crippen LogP contribution in [0.25, 0.3) is 0 Å². The Morgan fingerprint density at radius 1 is 1.08 bits per heavy atom. The van der Waals surface area contributed by atoms with Crippen molar-refractivity contribution in [3.63, 3.8) is 0 Å². The second-order valence-corrected chi connectivity index (χ2v) is 6.07. The lowest BCUT2D eigenvalue weighted by atomic mass is 10.1. The summed E-state index contributed by atoms with van der Waals surface area (Å²) in [6.07, 6.45) is 0. The van der Waals surface area contributed by atoms with E-state index in [2.05, 4.69) is 11.4 Å². The Bertz CT molecular complexity index is 711. The Kier molecular flexibility index (Phi) is 4.99. The minimum atomic E-state index is -0.213. The predicted molar refractivity (Wildman–Crippen MR) is 93.6 cm³/mol. The number of hydrogen-bond donors (Lipinski definition) is 1. The third-order valence-corrected chi connectivity index (χ3v) is 4.29. The maximum absolute atomic E-state index is 13.8. The summed E-state index contributed by atoms with van der Waals surface area (Å²) in [7, 11) is 0. The lowest BCUT2D eigenvalue weighted by Gasteiger charge is -2.36. The van der Waals surface area contributed by atoms with Crippen molar-refractivity contribution in [2.75, 3.05) is 31.1 Å².